The summed E-state index contributed by atoms with van der Waals surface area (Å²) in [6.45, 7) is 13.5. The van der Waals surface area contributed by atoms with Crippen LogP contribution in [-0.2, 0) is 10.0 Å². The van der Waals surface area contributed by atoms with Gasteiger partial charge in [0, 0.05) is 63.4 Å². The van der Waals surface area contributed by atoms with Gasteiger partial charge in [-0.05, 0) is 89.8 Å². The first kappa shape index (κ1) is 31.5. The quantitative estimate of drug-likeness (QED) is 0.456. The van der Waals surface area contributed by atoms with E-state index < -0.39 is 10.0 Å². The number of hydrogen-bond acceptors (Lipinski definition) is 7. The van der Waals surface area contributed by atoms with Gasteiger partial charge in [-0.3, -0.25) is 14.6 Å². The Balaban J connectivity index is 1.12. The molecule has 6 rings (SSSR count). The summed E-state index contributed by atoms with van der Waals surface area (Å²) >= 11 is 0. The number of benzene rings is 1. The largest absolute Gasteiger partial charge is 0.338 e. The fourth-order valence-electron chi connectivity index (χ4n) is 7.89. The monoisotopic (exact) mass is 626 g/mol. The fourth-order valence-corrected chi connectivity index (χ4v) is 9.76. The minimum Gasteiger partial charge on any atom is -0.338 e. The molecule has 4 heterocycles. The van der Waals surface area contributed by atoms with Crippen LogP contribution in [0.3, 0.4) is 0 Å². The predicted octanol–water partition coefficient (Wildman–Crippen LogP) is 4.18. The number of carbonyl (C=O) groups is 1. The van der Waals surface area contributed by atoms with Crippen molar-refractivity contribution in [2.45, 2.75) is 89.1 Å². The number of sulfonamides is 1. The maximum absolute atomic E-state index is 14.5. The number of aryl methyl sites for hydroxylation is 2. The van der Waals surface area contributed by atoms with Crippen LogP contribution in [0.25, 0.3) is 0 Å². The molecule has 2 aromatic rings. The molecule has 9 nitrogen and oxygen atoms in total. The first-order valence-electron chi connectivity index (χ1n) is 16.3. The van der Waals surface area contributed by atoms with Crippen LogP contribution >= 0.6 is 0 Å². The zero-order valence-corrected chi connectivity index (χ0v) is 27.4. The molecule has 3 saturated heterocycles. The number of likely N-dealkylation sites (tertiary alicyclic amines) is 1. The Labute approximate surface area is 261 Å². The molecule has 1 aromatic carbocycles. The Morgan fingerprint density at radius 3 is 2.23 bits per heavy atom. The molecule has 0 radical (unpaired) electrons. The minimum atomic E-state index is -3.18. The van der Waals surface area contributed by atoms with E-state index in [1.54, 1.807) is 16.4 Å². The molecular formula is C33H47FN6O3S. The highest BCUT2D eigenvalue weighted by atomic mass is 32.2. The van der Waals surface area contributed by atoms with Crippen LogP contribution in [0.2, 0.25) is 0 Å². The number of piperidine rings is 2. The molecule has 4 fully saturated rings. The third-order valence-corrected chi connectivity index (χ3v) is 13.2. The van der Waals surface area contributed by atoms with Crippen molar-refractivity contribution in [1.29, 1.82) is 0 Å². The van der Waals surface area contributed by atoms with Gasteiger partial charge in [-0.1, -0.05) is 12.1 Å². The summed E-state index contributed by atoms with van der Waals surface area (Å²) < 4.78 is 42.0. The Morgan fingerprint density at radius 1 is 0.977 bits per heavy atom. The van der Waals surface area contributed by atoms with Crippen molar-refractivity contribution in [3.05, 3.63) is 58.9 Å². The molecule has 44 heavy (non-hydrogen) atoms. The molecule has 240 valence electrons. The highest BCUT2D eigenvalue weighted by Gasteiger charge is 2.45. The number of amides is 1. The maximum atomic E-state index is 14.5. The molecule has 1 amide bonds. The van der Waals surface area contributed by atoms with E-state index in [2.05, 4.69) is 33.6 Å². The van der Waals surface area contributed by atoms with E-state index in [1.165, 1.54) is 12.4 Å². The van der Waals surface area contributed by atoms with Gasteiger partial charge in [-0.2, -0.15) is 0 Å². The van der Waals surface area contributed by atoms with Gasteiger partial charge >= 0.3 is 0 Å². The van der Waals surface area contributed by atoms with Crippen LogP contribution in [0.1, 0.15) is 85.7 Å². The van der Waals surface area contributed by atoms with Gasteiger partial charge in [-0.15, -0.1) is 0 Å². The van der Waals surface area contributed by atoms with Crippen LogP contribution in [0.5, 0.6) is 0 Å². The average molecular weight is 627 g/mol. The Kier molecular flexibility index (Phi) is 8.86. The van der Waals surface area contributed by atoms with Crippen LogP contribution in [0.4, 0.5) is 4.39 Å². The molecule has 0 N–H and O–H groups in total. The zero-order valence-electron chi connectivity index (χ0n) is 26.6. The highest BCUT2D eigenvalue weighted by molar-refractivity contribution is 7.90. The lowest BCUT2D eigenvalue weighted by molar-refractivity contribution is -0.0422. The molecule has 0 spiro atoms. The number of aromatic nitrogens is 2. The molecule has 1 aliphatic carbocycles. The third-order valence-electron chi connectivity index (χ3n) is 10.8. The SMILES string of the molecule is Cc1ncnc(C)c1C(=O)N1CCC(C)(N2CCN(C(c3cccc(F)c3)C3CCN(S(=O)(=O)C4CC4)CC3)[C@@H](C)C2)CC1. The van der Waals surface area contributed by atoms with Crippen molar-refractivity contribution >= 4 is 15.9 Å². The van der Waals surface area contributed by atoms with Crippen molar-refractivity contribution < 1.29 is 17.6 Å². The van der Waals surface area contributed by atoms with Gasteiger partial charge in [-0.25, -0.2) is 27.1 Å². The predicted molar refractivity (Wildman–Crippen MR) is 168 cm³/mol. The smallest absolute Gasteiger partial charge is 0.257 e. The van der Waals surface area contributed by atoms with Crippen LogP contribution in [-0.4, -0.2) is 106 Å². The number of carbonyl (C=O) groups excluding carboxylic acids is 1. The van der Waals surface area contributed by atoms with Gasteiger partial charge in [0.1, 0.15) is 12.1 Å². The van der Waals surface area contributed by atoms with Gasteiger partial charge < -0.3 is 4.90 Å². The van der Waals surface area contributed by atoms with E-state index in [1.807, 2.05) is 24.8 Å². The topological polar surface area (TPSA) is 90.0 Å². The second-order valence-corrected chi connectivity index (χ2v) is 15.9. The average Bonchev–Trinajstić information content (AvgIpc) is 3.85. The van der Waals surface area contributed by atoms with Gasteiger partial charge in [0.2, 0.25) is 10.0 Å². The first-order chi connectivity index (χ1) is 21.0. The minimum absolute atomic E-state index is 0.00866. The van der Waals surface area contributed by atoms with Crippen LogP contribution in [0, 0.1) is 25.6 Å². The van der Waals surface area contributed by atoms with E-state index in [0.29, 0.717) is 31.7 Å². The molecular weight excluding hydrogens is 579 g/mol. The second-order valence-electron chi connectivity index (χ2n) is 13.7. The summed E-state index contributed by atoms with van der Waals surface area (Å²) in [5.41, 5.74) is 3.05. The summed E-state index contributed by atoms with van der Waals surface area (Å²) in [5, 5.41) is -0.182. The molecule has 0 bridgehead atoms. The van der Waals surface area contributed by atoms with Crippen molar-refractivity contribution in [2.75, 3.05) is 45.8 Å². The normalized spacial score (nSPS) is 25.2. The molecule has 11 heteroatoms. The summed E-state index contributed by atoms with van der Waals surface area (Å²) in [6, 6.07) is 7.29. The maximum Gasteiger partial charge on any atom is 0.257 e. The summed E-state index contributed by atoms with van der Waals surface area (Å²) in [6.07, 6.45) is 6.45. The molecule has 4 aliphatic rings. The third kappa shape index (κ3) is 6.17. The van der Waals surface area contributed by atoms with Crippen LogP contribution < -0.4 is 0 Å². The van der Waals surface area contributed by atoms with Crippen molar-refractivity contribution in [3.63, 3.8) is 0 Å². The molecule has 1 saturated carbocycles. The molecule has 2 atom stereocenters. The Morgan fingerprint density at radius 2 is 1.64 bits per heavy atom. The van der Waals surface area contributed by atoms with E-state index in [9.17, 15) is 17.6 Å². The van der Waals surface area contributed by atoms with Crippen molar-refractivity contribution in [1.82, 2.24) is 29.0 Å². The molecule has 1 aromatic heterocycles. The van der Waals surface area contributed by atoms with E-state index in [0.717, 1.165) is 75.1 Å². The summed E-state index contributed by atoms with van der Waals surface area (Å²) in [5.74, 6) is 0.0544. The van der Waals surface area contributed by atoms with Gasteiger partial charge in [0.25, 0.3) is 5.91 Å². The molecule has 3 aliphatic heterocycles. The number of nitrogens with zero attached hydrogens (tertiary/aromatic N) is 6. The number of piperazine rings is 1. The standard InChI is InChI=1S/C33H47FN6O3S/c1-23-21-38(33(4)12-16-37(17-13-33)32(41)30-24(2)35-22-36-25(30)3)18-19-40(23)31(27-6-5-7-28(34)20-27)26-10-14-39(15-11-26)44(42,43)29-8-9-29/h5-7,20,22-23,26,29,31H,8-19,21H2,1-4H3/t23-,31?/m0/s1. The summed E-state index contributed by atoms with van der Waals surface area (Å²) in [4.78, 5) is 29.0. The number of halogens is 1. The Hall–Kier alpha value is -2.47. The number of rotatable bonds is 7. The lowest BCUT2D eigenvalue weighted by Crippen LogP contribution is -2.63. The van der Waals surface area contributed by atoms with Gasteiger partial charge in [0.05, 0.1) is 22.2 Å². The lowest BCUT2D eigenvalue weighted by Gasteiger charge is -2.54. The van der Waals surface area contributed by atoms with E-state index in [-0.39, 0.29) is 40.5 Å². The summed E-state index contributed by atoms with van der Waals surface area (Å²) in [7, 11) is -3.18. The van der Waals surface area contributed by atoms with E-state index >= 15 is 0 Å². The van der Waals surface area contributed by atoms with Crippen LogP contribution in [0.15, 0.2) is 30.6 Å². The van der Waals surface area contributed by atoms with Gasteiger partial charge in [0.15, 0.2) is 0 Å². The number of hydrogen-bond donors (Lipinski definition) is 0. The zero-order chi connectivity index (χ0) is 31.2. The van der Waals surface area contributed by atoms with Crippen molar-refractivity contribution in [3.8, 4) is 0 Å². The molecule has 1 unspecified atom stereocenters. The lowest BCUT2D eigenvalue weighted by atomic mass is 9.82. The first-order valence-corrected chi connectivity index (χ1v) is 17.8. The van der Waals surface area contributed by atoms with E-state index in [4.69, 9.17) is 0 Å². The highest BCUT2D eigenvalue weighted by Crippen LogP contribution is 2.41. The van der Waals surface area contributed by atoms with Crippen molar-refractivity contribution in [2.24, 2.45) is 5.92 Å². The second kappa shape index (κ2) is 12.4. The fraction of sp³-hybridized carbons (Fsp3) is 0.667. The Bertz CT molecular complexity index is 1450.